The van der Waals surface area contributed by atoms with Crippen molar-refractivity contribution in [2.45, 2.75) is 19.9 Å². The van der Waals surface area contributed by atoms with Crippen molar-refractivity contribution in [3.63, 3.8) is 0 Å². The van der Waals surface area contributed by atoms with Gasteiger partial charge in [0.05, 0.1) is 24.2 Å². The van der Waals surface area contributed by atoms with E-state index >= 15 is 0 Å². The van der Waals surface area contributed by atoms with Crippen LogP contribution in [-0.2, 0) is 11.3 Å². The highest BCUT2D eigenvalue weighted by atomic mass is 79.9. The van der Waals surface area contributed by atoms with Gasteiger partial charge in [0.15, 0.2) is 5.96 Å². The van der Waals surface area contributed by atoms with Crippen LogP contribution in [0.5, 0.6) is 0 Å². The van der Waals surface area contributed by atoms with Crippen LogP contribution in [0.4, 0.5) is 4.39 Å². The summed E-state index contributed by atoms with van der Waals surface area (Å²) in [5.74, 6) is 0.508. The van der Waals surface area contributed by atoms with Gasteiger partial charge in [-0.1, -0.05) is 6.07 Å². The number of morpholine rings is 1. The number of rotatable bonds is 7. The maximum Gasteiger partial charge on any atom is 0.191 e. The third-order valence-electron chi connectivity index (χ3n) is 3.80. The molecule has 1 aliphatic rings. The topological polar surface area (TPSA) is 48.9 Å². The van der Waals surface area contributed by atoms with Crippen molar-refractivity contribution in [2.75, 3.05) is 45.9 Å². The maximum absolute atomic E-state index is 13.5. The van der Waals surface area contributed by atoms with Crippen LogP contribution in [0.3, 0.4) is 0 Å². The van der Waals surface area contributed by atoms with Crippen molar-refractivity contribution in [3.05, 3.63) is 34.1 Å². The Morgan fingerprint density at radius 1 is 1.33 bits per heavy atom. The Morgan fingerprint density at radius 3 is 2.83 bits per heavy atom. The van der Waals surface area contributed by atoms with Crippen molar-refractivity contribution < 1.29 is 9.13 Å². The van der Waals surface area contributed by atoms with E-state index in [1.807, 2.05) is 13.0 Å². The molecule has 134 valence electrons. The fourth-order valence-electron chi connectivity index (χ4n) is 2.48. The number of aliphatic imine (C=N–C) groups is 1. The number of ether oxygens (including phenoxy) is 1. The van der Waals surface area contributed by atoms with Crippen LogP contribution in [0.15, 0.2) is 27.7 Å². The maximum atomic E-state index is 13.5. The lowest BCUT2D eigenvalue weighted by atomic mass is 10.2. The summed E-state index contributed by atoms with van der Waals surface area (Å²) < 4.78 is 19.4. The van der Waals surface area contributed by atoms with Gasteiger partial charge in [0.1, 0.15) is 5.82 Å². The van der Waals surface area contributed by atoms with Crippen molar-refractivity contribution in [1.29, 1.82) is 0 Å². The van der Waals surface area contributed by atoms with E-state index in [2.05, 4.69) is 36.5 Å². The molecule has 1 aliphatic heterocycles. The largest absolute Gasteiger partial charge is 0.379 e. The monoisotopic (exact) mass is 400 g/mol. The SMILES string of the molecule is CCNC(=NCc1ccc(Br)c(F)c1)NCCCN1CCOCC1. The van der Waals surface area contributed by atoms with E-state index in [1.54, 1.807) is 6.07 Å². The first-order valence-corrected chi connectivity index (χ1v) is 9.24. The summed E-state index contributed by atoms with van der Waals surface area (Å²) >= 11 is 3.16. The van der Waals surface area contributed by atoms with Crippen LogP contribution in [0.1, 0.15) is 18.9 Å². The van der Waals surface area contributed by atoms with Crippen LogP contribution in [-0.4, -0.2) is 56.8 Å². The van der Waals surface area contributed by atoms with Crippen LogP contribution in [0, 0.1) is 5.82 Å². The second-order valence-corrected chi connectivity index (χ2v) is 6.53. The number of benzene rings is 1. The number of nitrogens with one attached hydrogen (secondary N) is 2. The van der Waals surface area contributed by atoms with Gasteiger partial charge in [-0.05, 0) is 53.5 Å². The molecule has 0 saturated carbocycles. The van der Waals surface area contributed by atoms with Gasteiger partial charge in [0.2, 0.25) is 0 Å². The Hall–Kier alpha value is -1.18. The number of hydrogen-bond acceptors (Lipinski definition) is 3. The van der Waals surface area contributed by atoms with E-state index in [0.29, 0.717) is 11.0 Å². The molecule has 1 aromatic carbocycles. The van der Waals surface area contributed by atoms with Gasteiger partial charge in [0, 0.05) is 26.2 Å². The molecule has 1 saturated heterocycles. The summed E-state index contributed by atoms with van der Waals surface area (Å²) in [4.78, 5) is 6.93. The number of halogens is 2. The minimum Gasteiger partial charge on any atom is -0.379 e. The van der Waals surface area contributed by atoms with E-state index in [0.717, 1.165) is 63.9 Å². The molecule has 5 nitrogen and oxygen atoms in total. The van der Waals surface area contributed by atoms with E-state index in [4.69, 9.17) is 4.74 Å². The molecule has 0 aliphatic carbocycles. The van der Waals surface area contributed by atoms with E-state index in [1.165, 1.54) is 6.07 Å². The third kappa shape index (κ3) is 6.75. The normalized spacial score (nSPS) is 16.2. The van der Waals surface area contributed by atoms with Gasteiger partial charge < -0.3 is 15.4 Å². The smallest absolute Gasteiger partial charge is 0.191 e. The summed E-state index contributed by atoms with van der Waals surface area (Å²) in [5, 5.41) is 6.55. The minimum absolute atomic E-state index is 0.258. The second kappa shape index (κ2) is 10.6. The van der Waals surface area contributed by atoms with Gasteiger partial charge in [-0.2, -0.15) is 0 Å². The molecule has 1 fully saturated rings. The molecule has 0 atom stereocenters. The average molecular weight is 401 g/mol. The van der Waals surface area contributed by atoms with Crippen LogP contribution in [0.2, 0.25) is 0 Å². The Bertz CT molecular complexity index is 535. The van der Waals surface area contributed by atoms with E-state index < -0.39 is 0 Å². The summed E-state index contributed by atoms with van der Waals surface area (Å²) in [6.45, 7) is 8.90. The van der Waals surface area contributed by atoms with Crippen molar-refractivity contribution >= 4 is 21.9 Å². The van der Waals surface area contributed by atoms with Crippen LogP contribution in [0.25, 0.3) is 0 Å². The van der Waals surface area contributed by atoms with Gasteiger partial charge >= 0.3 is 0 Å². The van der Waals surface area contributed by atoms with E-state index in [9.17, 15) is 4.39 Å². The zero-order valence-corrected chi connectivity index (χ0v) is 15.7. The van der Waals surface area contributed by atoms with E-state index in [-0.39, 0.29) is 5.82 Å². The van der Waals surface area contributed by atoms with Crippen LogP contribution >= 0.6 is 15.9 Å². The molecule has 0 bridgehead atoms. The lowest BCUT2D eigenvalue weighted by Crippen LogP contribution is -2.40. The summed E-state index contributed by atoms with van der Waals surface area (Å²) in [7, 11) is 0. The fraction of sp³-hybridized carbons (Fsp3) is 0.588. The molecule has 0 unspecified atom stereocenters. The molecule has 2 rings (SSSR count). The Kier molecular flexibility index (Phi) is 8.49. The van der Waals surface area contributed by atoms with Gasteiger partial charge in [0.25, 0.3) is 0 Å². The quantitative estimate of drug-likeness (QED) is 0.419. The third-order valence-corrected chi connectivity index (χ3v) is 4.44. The lowest BCUT2D eigenvalue weighted by molar-refractivity contribution is 0.0376. The summed E-state index contributed by atoms with van der Waals surface area (Å²) in [5.41, 5.74) is 0.848. The zero-order chi connectivity index (χ0) is 17.2. The molecule has 7 heteroatoms. The Balaban J connectivity index is 1.76. The number of nitrogens with zero attached hydrogens (tertiary/aromatic N) is 2. The van der Waals surface area contributed by atoms with Crippen molar-refractivity contribution in [2.24, 2.45) is 4.99 Å². The summed E-state index contributed by atoms with van der Waals surface area (Å²) in [6.07, 6.45) is 1.05. The molecule has 1 aromatic rings. The summed E-state index contributed by atoms with van der Waals surface area (Å²) in [6, 6.07) is 5.09. The first-order chi connectivity index (χ1) is 11.7. The number of hydrogen-bond donors (Lipinski definition) is 2. The van der Waals surface area contributed by atoms with Gasteiger partial charge in [-0.3, -0.25) is 4.90 Å². The fourth-order valence-corrected chi connectivity index (χ4v) is 2.73. The van der Waals surface area contributed by atoms with Gasteiger partial charge in [-0.25, -0.2) is 9.38 Å². The predicted octanol–water partition coefficient (Wildman–Crippen LogP) is 2.37. The highest BCUT2D eigenvalue weighted by Gasteiger charge is 2.09. The number of guanidine groups is 1. The molecule has 2 N–H and O–H groups in total. The molecule has 0 spiro atoms. The lowest BCUT2D eigenvalue weighted by Gasteiger charge is -2.26. The highest BCUT2D eigenvalue weighted by molar-refractivity contribution is 9.10. The Labute approximate surface area is 151 Å². The van der Waals surface area contributed by atoms with Gasteiger partial charge in [-0.15, -0.1) is 0 Å². The first kappa shape index (κ1) is 19.1. The predicted molar refractivity (Wildman–Crippen MR) is 98.8 cm³/mol. The zero-order valence-electron chi connectivity index (χ0n) is 14.2. The molecule has 0 radical (unpaired) electrons. The standard InChI is InChI=1S/C17H26BrFN4O/c1-2-20-17(21-6-3-7-23-8-10-24-11-9-23)22-13-14-4-5-15(18)16(19)12-14/h4-5,12H,2-3,6-11,13H2,1H3,(H2,20,21,22). The molecule has 0 amide bonds. The molecule has 24 heavy (non-hydrogen) atoms. The average Bonchev–Trinajstić information content (AvgIpc) is 2.60. The van der Waals surface area contributed by atoms with Crippen molar-refractivity contribution in [1.82, 2.24) is 15.5 Å². The molecule has 0 aromatic heterocycles. The molecule has 1 heterocycles. The molecular formula is C17H26BrFN4O. The van der Waals surface area contributed by atoms with Crippen LogP contribution < -0.4 is 10.6 Å². The highest BCUT2D eigenvalue weighted by Crippen LogP contribution is 2.16. The first-order valence-electron chi connectivity index (χ1n) is 8.45. The minimum atomic E-state index is -0.258. The van der Waals surface area contributed by atoms with Crippen molar-refractivity contribution in [3.8, 4) is 0 Å². The molecular weight excluding hydrogens is 375 g/mol. The Morgan fingerprint density at radius 2 is 2.12 bits per heavy atom. The second-order valence-electron chi connectivity index (χ2n) is 5.68.